The van der Waals surface area contributed by atoms with E-state index in [4.69, 9.17) is 9.47 Å². The number of nitrogens with zero attached hydrogens (tertiary/aromatic N) is 4. The summed E-state index contributed by atoms with van der Waals surface area (Å²) >= 11 is 1.52. The zero-order valence-corrected chi connectivity index (χ0v) is 18.8. The smallest absolute Gasteiger partial charge is 0.346 e. The molecule has 9 heteroatoms. The van der Waals surface area contributed by atoms with Gasteiger partial charge in [0.05, 0.1) is 12.0 Å². The topological polar surface area (TPSA) is 69.5 Å². The second kappa shape index (κ2) is 9.10. The van der Waals surface area contributed by atoms with Crippen molar-refractivity contribution in [1.82, 2.24) is 14.5 Å². The summed E-state index contributed by atoms with van der Waals surface area (Å²) in [6, 6.07) is 3.14. The SMILES string of the molecule is CCOC(=O)C1=CN(c2ncnc3c2ccn3COCC[Si](C)(C)C)CCS1. The third-order valence-corrected chi connectivity index (χ3v) is 7.05. The number of hydrogen-bond donors (Lipinski definition) is 0. The molecule has 1 aliphatic heterocycles. The van der Waals surface area contributed by atoms with E-state index >= 15 is 0 Å². The molecule has 0 spiro atoms. The highest BCUT2D eigenvalue weighted by Gasteiger charge is 2.22. The number of anilines is 1. The van der Waals surface area contributed by atoms with Gasteiger partial charge in [-0.05, 0) is 19.0 Å². The molecule has 0 N–H and O–H groups in total. The summed E-state index contributed by atoms with van der Waals surface area (Å²) in [6.07, 6.45) is 5.37. The molecule has 2 aromatic rings. The number of thioether (sulfide) groups is 1. The summed E-state index contributed by atoms with van der Waals surface area (Å²) in [6.45, 7) is 11.2. The number of carbonyl (C=O) groups is 1. The van der Waals surface area contributed by atoms with Crippen LogP contribution in [0.25, 0.3) is 11.0 Å². The molecule has 7 nitrogen and oxygen atoms in total. The Morgan fingerprint density at radius 2 is 2.14 bits per heavy atom. The average Bonchev–Trinajstić information content (AvgIpc) is 3.08. The van der Waals surface area contributed by atoms with E-state index < -0.39 is 8.07 Å². The zero-order valence-electron chi connectivity index (χ0n) is 17.0. The quantitative estimate of drug-likeness (QED) is 0.366. The fourth-order valence-corrected chi connectivity index (χ4v) is 4.49. The number of rotatable bonds is 8. The van der Waals surface area contributed by atoms with Crippen LogP contribution in [0.3, 0.4) is 0 Å². The van der Waals surface area contributed by atoms with E-state index in [1.165, 1.54) is 11.8 Å². The molecule has 0 saturated carbocycles. The van der Waals surface area contributed by atoms with E-state index in [0.29, 0.717) is 18.2 Å². The maximum Gasteiger partial charge on any atom is 0.346 e. The van der Waals surface area contributed by atoms with E-state index in [-0.39, 0.29) is 5.97 Å². The van der Waals surface area contributed by atoms with Crippen molar-refractivity contribution in [2.75, 3.05) is 30.4 Å². The Morgan fingerprint density at radius 1 is 1.32 bits per heavy atom. The van der Waals surface area contributed by atoms with Gasteiger partial charge in [0.1, 0.15) is 29.4 Å². The van der Waals surface area contributed by atoms with Gasteiger partial charge in [0.25, 0.3) is 0 Å². The lowest BCUT2D eigenvalue weighted by molar-refractivity contribution is -0.137. The summed E-state index contributed by atoms with van der Waals surface area (Å²) < 4.78 is 13.0. The Morgan fingerprint density at radius 3 is 2.89 bits per heavy atom. The predicted octanol–water partition coefficient (Wildman–Crippen LogP) is 3.70. The molecular weight excluding hydrogens is 392 g/mol. The molecule has 0 amide bonds. The number of esters is 1. The molecule has 0 unspecified atom stereocenters. The second-order valence-electron chi connectivity index (χ2n) is 7.82. The monoisotopic (exact) mass is 420 g/mol. The van der Waals surface area contributed by atoms with Crippen LogP contribution in [-0.2, 0) is 21.0 Å². The number of hydrogen-bond acceptors (Lipinski definition) is 7. The van der Waals surface area contributed by atoms with Crippen LogP contribution in [0.2, 0.25) is 25.7 Å². The van der Waals surface area contributed by atoms with Crippen molar-refractivity contribution in [2.45, 2.75) is 39.3 Å². The van der Waals surface area contributed by atoms with Gasteiger partial charge in [0.15, 0.2) is 0 Å². The second-order valence-corrected chi connectivity index (χ2v) is 14.6. The largest absolute Gasteiger partial charge is 0.462 e. The summed E-state index contributed by atoms with van der Waals surface area (Å²) in [4.78, 5) is 23.6. The van der Waals surface area contributed by atoms with E-state index in [0.717, 1.165) is 41.8 Å². The van der Waals surface area contributed by atoms with E-state index in [1.807, 2.05) is 34.9 Å². The molecule has 0 radical (unpaired) electrons. The molecule has 3 rings (SSSR count). The van der Waals surface area contributed by atoms with Crippen molar-refractivity contribution in [3.8, 4) is 0 Å². The summed E-state index contributed by atoms with van der Waals surface area (Å²) in [7, 11) is -1.10. The first kappa shape index (κ1) is 20.9. The van der Waals surface area contributed by atoms with Crippen LogP contribution in [0.1, 0.15) is 6.92 Å². The van der Waals surface area contributed by atoms with Gasteiger partial charge < -0.3 is 18.9 Å². The van der Waals surface area contributed by atoms with Crippen molar-refractivity contribution < 1.29 is 14.3 Å². The number of fused-ring (bicyclic) bond motifs is 1. The third kappa shape index (κ3) is 5.15. The Bertz CT molecular complexity index is 862. The van der Waals surface area contributed by atoms with Gasteiger partial charge in [-0.3, -0.25) is 0 Å². The molecule has 0 bridgehead atoms. The van der Waals surface area contributed by atoms with Crippen LogP contribution >= 0.6 is 11.8 Å². The fraction of sp³-hybridized carbons (Fsp3) is 0.526. The van der Waals surface area contributed by atoms with Gasteiger partial charge in [0.2, 0.25) is 0 Å². The van der Waals surface area contributed by atoms with Crippen molar-refractivity contribution in [1.29, 1.82) is 0 Å². The van der Waals surface area contributed by atoms with Gasteiger partial charge in [-0.2, -0.15) is 0 Å². The van der Waals surface area contributed by atoms with Gasteiger partial charge in [-0.1, -0.05) is 19.6 Å². The molecule has 28 heavy (non-hydrogen) atoms. The maximum atomic E-state index is 12.1. The molecule has 1 aliphatic rings. The molecule has 152 valence electrons. The molecule has 0 aliphatic carbocycles. The predicted molar refractivity (Wildman–Crippen MR) is 116 cm³/mol. The van der Waals surface area contributed by atoms with Crippen LogP contribution in [0.5, 0.6) is 0 Å². The van der Waals surface area contributed by atoms with E-state index in [1.54, 1.807) is 6.33 Å². The molecule has 0 atom stereocenters. The lowest BCUT2D eigenvalue weighted by atomic mass is 10.3. The highest BCUT2D eigenvalue weighted by atomic mass is 32.2. The maximum absolute atomic E-state index is 12.1. The molecule has 2 aromatic heterocycles. The van der Waals surface area contributed by atoms with Crippen LogP contribution in [0, 0.1) is 0 Å². The third-order valence-electron chi connectivity index (χ3n) is 4.37. The fourth-order valence-electron chi connectivity index (χ4n) is 2.84. The normalized spacial score (nSPS) is 15.0. The number of aromatic nitrogens is 3. The molecular formula is C19H28N4O3SSi. The van der Waals surface area contributed by atoms with Crippen LogP contribution < -0.4 is 4.90 Å². The zero-order chi connectivity index (χ0) is 20.1. The number of carbonyl (C=O) groups excluding carboxylic acids is 1. The Balaban J connectivity index is 1.77. The average molecular weight is 421 g/mol. The summed E-state index contributed by atoms with van der Waals surface area (Å²) in [5, 5.41) is 0.947. The van der Waals surface area contributed by atoms with E-state index in [9.17, 15) is 4.79 Å². The molecule has 0 fully saturated rings. The number of ether oxygens (including phenoxy) is 2. The van der Waals surface area contributed by atoms with Gasteiger partial charge >= 0.3 is 5.97 Å². The minimum absolute atomic E-state index is 0.282. The molecule has 0 aromatic carbocycles. The van der Waals surface area contributed by atoms with Gasteiger partial charge in [-0.15, -0.1) is 11.8 Å². The standard InChI is InChI=1S/C19H28N4O3SSi/c1-5-26-19(24)16-12-22(8-10-27-16)17-15-6-7-23(18(15)21-13-20-17)14-25-9-11-28(2,3)4/h6-7,12-13H,5,8-11,14H2,1-4H3. The highest BCUT2D eigenvalue weighted by molar-refractivity contribution is 8.04. The Labute approximate surface area is 171 Å². The Hall–Kier alpha value is -1.84. The molecule has 3 heterocycles. The Kier molecular flexibility index (Phi) is 6.79. The highest BCUT2D eigenvalue weighted by Crippen LogP contribution is 2.30. The van der Waals surface area contributed by atoms with Gasteiger partial charge in [0, 0.05) is 39.4 Å². The lowest BCUT2D eigenvalue weighted by Gasteiger charge is -2.25. The van der Waals surface area contributed by atoms with Crippen LogP contribution in [0.15, 0.2) is 29.7 Å². The van der Waals surface area contributed by atoms with Crippen molar-refractivity contribution in [2.24, 2.45) is 0 Å². The minimum atomic E-state index is -1.10. The van der Waals surface area contributed by atoms with Crippen molar-refractivity contribution >= 4 is 42.7 Å². The first-order valence-electron chi connectivity index (χ1n) is 9.55. The first-order valence-corrected chi connectivity index (χ1v) is 14.2. The van der Waals surface area contributed by atoms with Crippen LogP contribution in [-0.4, -0.2) is 54.1 Å². The van der Waals surface area contributed by atoms with Gasteiger partial charge in [-0.25, -0.2) is 14.8 Å². The first-order chi connectivity index (χ1) is 13.4. The lowest BCUT2D eigenvalue weighted by Crippen LogP contribution is -2.26. The molecule has 0 saturated heterocycles. The van der Waals surface area contributed by atoms with Crippen molar-refractivity contribution in [3.63, 3.8) is 0 Å². The minimum Gasteiger partial charge on any atom is -0.462 e. The van der Waals surface area contributed by atoms with Crippen molar-refractivity contribution in [3.05, 3.63) is 29.7 Å². The summed E-state index contributed by atoms with van der Waals surface area (Å²) in [5.74, 6) is 1.32. The summed E-state index contributed by atoms with van der Waals surface area (Å²) in [5.41, 5.74) is 0.835. The van der Waals surface area contributed by atoms with Crippen LogP contribution in [0.4, 0.5) is 5.82 Å². The van der Waals surface area contributed by atoms with E-state index in [2.05, 4.69) is 29.6 Å².